The summed E-state index contributed by atoms with van der Waals surface area (Å²) >= 11 is 0. The van der Waals surface area contributed by atoms with Gasteiger partial charge in [0.2, 0.25) is 0 Å². The fraction of sp³-hybridized carbons (Fsp3) is 0.316. The number of para-hydroxylation sites is 2. The highest BCUT2D eigenvalue weighted by Crippen LogP contribution is 2.33. The Kier molecular flexibility index (Phi) is 12.2. The molecule has 0 spiro atoms. The van der Waals surface area contributed by atoms with Crippen LogP contribution in [0.4, 0.5) is 11.4 Å². The number of aliphatic imine (C=N–C) groups is 2. The molecule has 0 aliphatic rings. The molecule has 6 heteroatoms. The van der Waals surface area contributed by atoms with E-state index in [1.807, 2.05) is 0 Å². The van der Waals surface area contributed by atoms with E-state index in [1.165, 1.54) is 0 Å². The van der Waals surface area contributed by atoms with Crippen LogP contribution in [0, 0.1) is 0 Å². The van der Waals surface area contributed by atoms with Gasteiger partial charge in [0, 0.05) is 24.3 Å². The van der Waals surface area contributed by atoms with Gasteiger partial charge in [-0.1, -0.05) is 97.1 Å². The molecule has 0 saturated heterocycles. The summed E-state index contributed by atoms with van der Waals surface area (Å²) in [4.78, 5) is 10.8. The molecule has 0 saturated carbocycles. The van der Waals surface area contributed by atoms with Crippen molar-refractivity contribution in [1.82, 2.24) is 0 Å². The van der Waals surface area contributed by atoms with Crippen LogP contribution in [0.5, 0.6) is 0 Å². The predicted octanol–water partition coefficient (Wildman–Crippen LogP) is 11.1. The lowest BCUT2D eigenvalue weighted by Gasteiger charge is -2.19. The van der Waals surface area contributed by atoms with Crippen molar-refractivity contribution in [2.45, 2.75) is 65.0 Å². The summed E-state index contributed by atoms with van der Waals surface area (Å²) in [5, 5.41) is 0. The van der Waals surface area contributed by atoms with Gasteiger partial charge < -0.3 is 8.85 Å². The fourth-order valence-electron chi connectivity index (χ4n) is 4.92. The van der Waals surface area contributed by atoms with E-state index in [-0.39, 0.29) is 0 Å². The molecule has 0 radical (unpaired) electrons. The maximum atomic E-state index is 6.26. The van der Waals surface area contributed by atoms with Gasteiger partial charge >= 0.3 is 0 Å². The zero-order valence-electron chi connectivity index (χ0n) is 27.3. The average Bonchev–Trinajstić information content (AvgIpc) is 3.00. The van der Waals surface area contributed by atoms with Gasteiger partial charge in [-0.3, -0.25) is 9.98 Å². The molecule has 0 fully saturated rings. The first-order chi connectivity index (χ1) is 21.1. The molecule has 0 atom stereocenters. The molecule has 0 amide bonds. The van der Waals surface area contributed by atoms with E-state index in [0.717, 1.165) is 83.9 Å². The van der Waals surface area contributed by atoms with Gasteiger partial charge in [-0.05, 0) is 88.2 Å². The molecule has 0 aliphatic carbocycles. The Bertz CT molecular complexity index is 1400. The standard InChI is InChI=1S/C38H48N2O2Si2/c1-43(2,3)41-29-17-27-37(39-35-25-15-13-23-33(35)31-19-9-7-10-20-31)38(28-18-30-42-44(4,5)6)40-36-26-16-14-24-34(36)32-21-11-8-12-22-32/h7-16,19-26H,17-18,27-30H2,1-6H3. The van der Waals surface area contributed by atoms with Crippen molar-refractivity contribution in [3.8, 4) is 22.3 Å². The van der Waals surface area contributed by atoms with Gasteiger partial charge in [0.25, 0.3) is 0 Å². The third kappa shape index (κ3) is 10.9. The van der Waals surface area contributed by atoms with Crippen molar-refractivity contribution in [3.05, 3.63) is 109 Å². The average molecular weight is 621 g/mol. The summed E-state index contributed by atoms with van der Waals surface area (Å²) in [6, 6.07) is 37.9. The zero-order chi connectivity index (χ0) is 31.4. The molecule has 4 aromatic rings. The Hall–Kier alpha value is -3.43. The molecule has 4 aromatic carbocycles. The minimum atomic E-state index is -1.62. The first-order valence-corrected chi connectivity index (χ1v) is 22.6. The van der Waals surface area contributed by atoms with Crippen LogP contribution in [-0.4, -0.2) is 41.3 Å². The molecular formula is C38H48N2O2Si2. The number of rotatable bonds is 15. The van der Waals surface area contributed by atoms with Gasteiger partial charge in [0.05, 0.1) is 22.8 Å². The molecule has 0 aromatic heterocycles. The molecule has 4 rings (SSSR count). The van der Waals surface area contributed by atoms with Crippen molar-refractivity contribution < 1.29 is 8.85 Å². The van der Waals surface area contributed by atoms with Crippen LogP contribution in [0.3, 0.4) is 0 Å². The number of hydrogen-bond acceptors (Lipinski definition) is 4. The van der Waals surface area contributed by atoms with Crippen molar-refractivity contribution >= 4 is 39.4 Å². The van der Waals surface area contributed by atoms with Crippen LogP contribution in [0.1, 0.15) is 25.7 Å². The van der Waals surface area contributed by atoms with E-state index >= 15 is 0 Å². The van der Waals surface area contributed by atoms with Crippen molar-refractivity contribution in [1.29, 1.82) is 0 Å². The Balaban J connectivity index is 1.79. The van der Waals surface area contributed by atoms with E-state index < -0.39 is 16.6 Å². The van der Waals surface area contributed by atoms with E-state index in [2.05, 4.69) is 148 Å². The number of nitrogens with zero attached hydrogens (tertiary/aromatic N) is 2. The molecule has 0 heterocycles. The topological polar surface area (TPSA) is 43.2 Å². The van der Waals surface area contributed by atoms with Crippen LogP contribution < -0.4 is 0 Å². The normalized spacial score (nSPS) is 12.9. The van der Waals surface area contributed by atoms with E-state index in [4.69, 9.17) is 18.8 Å². The Labute approximate surface area is 267 Å². The second kappa shape index (κ2) is 16.0. The van der Waals surface area contributed by atoms with Crippen LogP contribution in [-0.2, 0) is 8.85 Å². The smallest absolute Gasteiger partial charge is 0.183 e. The van der Waals surface area contributed by atoms with Crippen LogP contribution in [0.15, 0.2) is 119 Å². The zero-order valence-corrected chi connectivity index (χ0v) is 29.3. The summed E-state index contributed by atoms with van der Waals surface area (Å²) in [6.07, 6.45) is 3.35. The van der Waals surface area contributed by atoms with Crippen LogP contribution in [0.2, 0.25) is 39.3 Å². The van der Waals surface area contributed by atoms with Crippen molar-refractivity contribution in [3.63, 3.8) is 0 Å². The third-order valence-corrected chi connectivity index (χ3v) is 9.15. The van der Waals surface area contributed by atoms with Gasteiger partial charge in [-0.2, -0.15) is 0 Å². The molecular weight excluding hydrogens is 573 g/mol. The maximum Gasteiger partial charge on any atom is 0.183 e. The molecule has 0 unspecified atom stereocenters. The van der Waals surface area contributed by atoms with Gasteiger partial charge in [0.1, 0.15) is 0 Å². The van der Waals surface area contributed by atoms with E-state index in [9.17, 15) is 0 Å². The van der Waals surface area contributed by atoms with E-state index in [1.54, 1.807) is 0 Å². The summed E-state index contributed by atoms with van der Waals surface area (Å²) in [5.41, 5.74) is 8.51. The van der Waals surface area contributed by atoms with Gasteiger partial charge in [-0.15, -0.1) is 0 Å². The highest BCUT2D eigenvalue weighted by molar-refractivity contribution is 6.70. The van der Waals surface area contributed by atoms with Gasteiger partial charge in [-0.25, -0.2) is 0 Å². The van der Waals surface area contributed by atoms with Crippen LogP contribution in [0.25, 0.3) is 22.3 Å². The maximum absolute atomic E-state index is 6.26. The first-order valence-electron chi connectivity index (χ1n) is 15.8. The third-order valence-electron chi connectivity index (χ3n) is 7.01. The summed E-state index contributed by atoms with van der Waals surface area (Å²) in [7, 11) is -3.23. The summed E-state index contributed by atoms with van der Waals surface area (Å²) in [6.45, 7) is 14.9. The quantitative estimate of drug-likeness (QED) is 0.0754. The highest BCUT2D eigenvalue weighted by atomic mass is 28.4. The minimum Gasteiger partial charge on any atom is -0.418 e. The highest BCUT2D eigenvalue weighted by Gasteiger charge is 2.18. The minimum absolute atomic E-state index is 0.724. The lowest BCUT2D eigenvalue weighted by Crippen LogP contribution is -2.27. The molecule has 0 aliphatic heterocycles. The lowest BCUT2D eigenvalue weighted by atomic mass is 10.0. The predicted molar refractivity (Wildman–Crippen MR) is 195 cm³/mol. The second-order valence-electron chi connectivity index (χ2n) is 13.0. The number of hydrogen-bond donors (Lipinski definition) is 0. The second-order valence-corrected chi connectivity index (χ2v) is 22.0. The molecule has 44 heavy (non-hydrogen) atoms. The Morgan fingerprint density at radius 2 is 0.818 bits per heavy atom. The van der Waals surface area contributed by atoms with Gasteiger partial charge in [0.15, 0.2) is 16.6 Å². The number of benzene rings is 4. The Morgan fingerprint density at radius 3 is 1.18 bits per heavy atom. The fourth-order valence-corrected chi connectivity index (χ4v) is 6.44. The SMILES string of the molecule is C[Si](C)(C)OCCCC(=Nc1ccccc1-c1ccccc1)C(CCCO[Si](C)(C)C)=Nc1ccccc1-c1ccccc1. The largest absolute Gasteiger partial charge is 0.418 e. The summed E-state index contributed by atoms with van der Waals surface area (Å²) in [5.74, 6) is 0. The van der Waals surface area contributed by atoms with Crippen molar-refractivity contribution in [2.75, 3.05) is 13.2 Å². The first kappa shape index (κ1) is 33.5. The monoisotopic (exact) mass is 620 g/mol. The van der Waals surface area contributed by atoms with E-state index in [0.29, 0.717) is 0 Å². The van der Waals surface area contributed by atoms with Crippen LogP contribution >= 0.6 is 0 Å². The summed E-state index contributed by atoms with van der Waals surface area (Å²) < 4.78 is 12.5. The van der Waals surface area contributed by atoms with Crippen molar-refractivity contribution in [2.24, 2.45) is 9.98 Å². The molecule has 0 bridgehead atoms. The molecule has 230 valence electrons. The Morgan fingerprint density at radius 1 is 0.477 bits per heavy atom. The lowest BCUT2D eigenvalue weighted by molar-refractivity contribution is 0.306. The molecule has 4 nitrogen and oxygen atoms in total. The molecule has 0 N–H and O–H groups in total.